The molecule has 0 heterocycles. The number of hydrogen-bond acceptors (Lipinski definition) is 3. The predicted molar refractivity (Wildman–Crippen MR) is 112 cm³/mol. The van der Waals surface area contributed by atoms with E-state index >= 15 is 0 Å². The van der Waals surface area contributed by atoms with Gasteiger partial charge in [0.2, 0.25) is 0 Å². The molecule has 0 fully saturated rings. The summed E-state index contributed by atoms with van der Waals surface area (Å²) in [6, 6.07) is 2.85. The number of unbranched alkanes of at least 4 members (excludes halogenated alkanes) is 5. The Morgan fingerprint density at radius 1 is 0.783 bits per heavy atom. The van der Waals surface area contributed by atoms with Gasteiger partial charge in [-0.05, 0) is 62.2 Å². The summed E-state index contributed by atoms with van der Waals surface area (Å²) in [5.41, 5.74) is 0. The lowest BCUT2D eigenvalue weighted by Gasteiger charge is -2.46. The highest BCUT2D eigenvalue weighted by atomic mass is 28.4. The van der Waals surface area contributed by atoms with Crippen LogP contribution in [0.25, 0.3) is 0 Å². The first-order valence-corrected chi connectivity index (χ1v) is 13.2. The maximum absolute atomic E-state index is 2.49. The fraction of sp³-hybridized carbons (Fsp3) is 0.889. The molecule has 0 N–H and O–H groups in total. The average molecular weight is 358 g/mol. The molecular formula is C18H43N3Si2. The van der Waals surface area contributed by atoms with Crippen molar-refractivity contribution in [3.8, 4) is 0 Å². The molecule has 0 atom stereocenters. The Bertz CT molecular complexity index is 306. The largest absolute Gasteiger partial charge is 0.305 e. The van der Waals surface area contributed by atoms with E-state index in [9.17, 15) is 0 Å². The van der Waals surface area contributed by atoms with Gasteiger partial charge in [0.05, 0.1) is 0 Å². The van der Waals surface area contributed by atoms with Crippen LogP contribution in [0.2, 0.25) is 12.1 Å². The Labute approximate surface area is 150 Å². The molecule has 0 saturated heterocycles. The van der Waals surface area contributed by atoms with Gasteiger partial charge < -0.3 is 13.7 Å². The quantitative estimate of drug-likeness (QED) is 0.369. The summed E-state index contributed by atoms with van der Waals surface area (Å²) >= 11 is 0. The molecule has 0 aliphatic heterocycles. The summed E-state index contributed by atoms with van der Waals surface area (Å²) in [5.74, 6) is 0. The van der Waals surface area contributed by atoms with Gasteiger partial charge in [-0.1, -0.05) is 55.8 Å². The van der Waals surface area contributed by atoms with E-state index in [1.54, 1.807) is 5.20 Å². The van der Waals surface area contributed by atoms with Crippen molar-refractivity contribution in [2.75, 3.05) is 42.3 Å². The van der Waals surface area contributed by atoms with Crippen molar-refractivity contribution in [1.29, 1.82) is 0 Å². The Kier molecular flexibility index (Phi) is 12.5. The molecule has 0 aliphatic rings. The maximum Gasteiger partial charge on any atom is 0.288 e. The standard InChI is InChI=1S/C18H43N3Si2/c1-9-18(2)22-16-14-12-10-11-13-15-17-23(19(3)4,20(5)6)21(7)8/h9H,10-17,22H2,1-8H3. The molecule has 5 heteroatoms. The Hall–Kier alpha value is 0.0538. The second-order valence-electron chi connectivity index (χ2n) is 7.57. The Morgan fingerprint density at radius 3 is 1.65 bits per heavy atom. The molecule has 0 spiro atoms. The van der Waals surface area contributed by atoms with E-state index < -0.39 is 8.56 Å². The number of nitrogens with zero attached hydrogens (tertiary/aromatic N) is 3. The van der Waals surface area contributed by atoms with Gasteiger partial charge in [0.15, 0.2) is 0 Å². The minimum absolute atomic E-state index is 0.0958. The zero-order valence-electron chi connectivity index (χ0n) is 17.3. The van der Waals surface area contributed by atoms with Crippen LogP contribution in [0.4, 0.5) is 0 Å². The molecule has 0 bridgehead atoms. The summed E-state index contributed by atoms with van der Waals surface area (Å²) in [4.78, 5) is 0. The van der Waals surface area contributed by atoms with Gasteiger partial charge in [0, 0.05) is 9.52 Å². The van der Waals surface area contributed by atoms with Crippen molar-refractivity contribution in [1.82, 2.24) is 13.7 Å². The lowest BCUT2D eigenvalue weighted by atomic mass is 10.1. The normalized spacial score (nSPS) is 14.1. The van der Waals surface area contributed by atoms with Gasteiger partial charge in [0.25, 0.3) is 8.56 Å². The van der Waals surface area contributed by atoms with Gasteiger partial charge in [-0.15, -0.1) is 0 Å². The van der Waals surface area contributed by atoms with Crippen LogP contribution in [0.1, 0.15) is 52.4 Å². The van der Waals surface area contributed by atoms with Gasteiger partial charge in [-0.3, -0.25) is 0 Å². The van der Waals surface area contributed by atoms with Crippen molar-refractivity contribution in [3.63, 3.8) is 0 Å². The smallest absolute Gasteiger partial charge is 0.288 e. The van der Waals surface area contributed by atoms with Crippen LogP contribution in [-0.4, -0.2) is 74.1 Å². The molecule has 0 saturated carbocycles. The SMILES string of the molecule is CC=C(C)[SiH2]CCCCCCCC[Si](N(C)C)(N(C)C)N(C)C. The minimum Gasteiger partial charge on any atom is -0.305 e. The maximum atomic E-state index is 2.49. The Morgan fingerprint density at radius 2 is 1.22 bits per heavy atom. The third kappa shape index (κ3) is 8.12. The average Bonchev–Trinajstić information content (AvgIpc) is 2.47. The molecule has 0 aliphatic carbocycles. The van der Waals surface area contributed by atoms with E-state index in [0.717, 1.165) is 0 Å². The van der Waals surface area contributed by atoms with E-state index in [1.807, 2.05) is 0 Å². The molecule has 0 rings (SSSR count). The van der Waals surface area contributed by atoms with Crippen LogP contribution < -0.4 is 0 Å². The molecule has 0 unspecified atom stereocenters. The van der Waals surface area contributed by atoms with Crippen molar-refractivity contribution >= 4 is 18.1 Å². The van der Waals surface area contributed by atoms with Crippen LogP contribution in [0.15, 0.2) is 11.3 Å². The molecule has 0 aromatic heterocycles. The lowest BCUT2D eigenvalue weighted by Crippen LogP contribution is -2.69. The molecule has 0 amide bonds. The van der Waals surface area contributed by atoms with E-state index in [-0.39, 0.29) is 9.52 Å². The number of hydrogen-bond donors (Lipinski definition) is 0. The zero-order chi connectivity index (χ0) is 17.9. The van der Waals surface area contributed by atoms with Gasteiger partial charge in [-0.25, -0.2) is 0 Å². The lowest BCUT2D eigenvalue weighted by molar-refractivity contribution is 0.372. The minimum atomic E-state index is -1.63. The second kappa shape index (κ2) is 12.4. The van der Waals surface area contributed by atoms with Crippen LogP contribution >= 0.6 is 0 Å². The third-order valence-corrected chi connectivity index (χ3v) is 12.6. The molecule has 0 radical (unpaired) electrons. The molecular weight excluding hydrogens is 314 g/mol. The van der Waals surface area contributed by atoms with Crippen molar-refractivity contribution in [3.05, 3.63) is 11.3 Å². The first-order valence-electron chi connectivity index (χ1n) is 9.43. The number of rotatable bonds is 13. The molecule has 0 aromatic rings. The summed E-state index contributed by atoms with van der Waals surface area (Å²) in [6.07, 6.45) is 10.8. The predicted octanol–water partition coefficient (Wildman–Crippen LogP) is 3.46. The summed E-state index contributed by atoms with van der Waals surface area (Å²) in [5, 5.41) is 1.68. The van der Waals surface area contributed by atoms with E-state index in [2.05, 4.69) is 75.9 Å². The van der Waals surface area contributed by atoms with Crippen molar-refractivity contribution < 1.29 is 0 Å². The highest BCUT2D eigenvalue weighted by Gasteiger charge is 2.41. The first kappa shape index (κ1) is 23.1. The van der Waals surface area contributed by atoms with Crippen molar-refractivity contribution in [2.24, 2.45) is 0 Å². The molecule has 23 heavy (non-hydrogen) atoms. The third-order valence-electron chi connectivity index (χ3n) is 5.22. The highest BCUT2D eigenvalue weighted by molar-refractivity contribution is 6.71. The van der Waals surface area contributed by atoms with Gasteiger partial charge >= 0.3 is 0 Å². The fourth-order valence-corrected chi connectivity index (χ4v) is 9.58. The van der Waals surface area contributed by atoms with Crippen LogP contribution in [0, 0.1) is 0 Å². The van der Waals surface area contributed by atoms with Gasteiger partial charge in [-0.2, -0.15) is 0 Å². The van der Waals surface area contributed by atoms with Gasteiger partial charge in [0.1, 0.15) is 0 Å². The molecule has 138 valence electrons. The van der Waals surface area contributed by atoms with Crippen LogP contribution in [0.5, 0.6) is 0 Å². The van der Waals surface area contributed by atoms with Crippen LogP contribution in [-0.2, 0) is 0 Å². The van der Waals surface area contributed by atoms with E-state index in [1.165, 1.54) is 50.6 Å². The van der Waals surface area contributed by atoms with Crippen LogP contribution in [0.3, 0.4) is 0 Å². The number of allylic oxidation sites excluding steroid dienone is 2. The fourth-order valence-electron chi connectivity index (χ4n) is 3.67. The topological polar surface area (TPSA) is 9.72 Å². The Balaban J connectivity index is 3.92. The molecule has 3 nitrogen and oxygen atoms in total. The summed E-state index contributed by atoms with van der Waals surface area (Å²) < 4.78 is 7.46. The summed E-state index contributed by atoms with van der Waals surface area (Å²) in [6.45, 7) is 4.49. The molecule has 0 aromatic carbocycles. The second-order valence-corrected chi connectivity index (χ2v) is 14.6. The highest BCUT2D eigenvalue weighted by Crippen LogP contribution is 2.22. The first-order chi connectivity index (χ1) is 10.8. The monoisotopic (exact) mass is 357 g/mol. The zero-order valence-corrected chi connectivity index (χ0v) is 19.7. The van der Waals surface area contributed by atoms with E-state index in [0.29, 0.717) is 0 Å². The summed E-state index contributed by atoms with van der Waals surface area (Å²) in [7, 11) is 12.0. The van der Waals surface area contributed by atoms with E-state index in [4.69, 9.17) is 0 Å². The van der Waals surface area contributed by atoms with Crippen molar-refractivity contribution in [2.45, 2.75) is 64.5 Å².